The van der Waals surface area contributed by atoms with Crippen LogP contribution in [0.15, 0.2) is 42.5 Å². The van der Waals surface area contributed by atoms with Gasteiger partial charge in [-0.1, -0.05) is 48.9 Å². The lowest BCUT2D eigenvalue weighted by molar-refractivity contribution is 0.476. The lowest BCUT2D eigenvalue weighted by atomic mass is 10.0. The van der Waals surface area contributed by atoms with Crippen LogP contribution in [-0.4, -0.2) is 12.1 Å². The Hall–Kier alpha value is -1.38. The van der Waals surface area contributed by atoms with Crippen molar-refractivity contribution in [2.45, 2.75) is 37.9 Å². The average Bonchev–Trinajstić information content (AvgIpc) is 2.82. The van der Waals surface area contributed by atoms with Crippen LogP contribution < -0.4 is 11.1 Å². The standard InChI is InChI=1S/C16H20N2/c17-15-9-4-10-16(15)18-11-13-7-3-6-12-5-1-2-8-14(12)13/h1-3,5-8,15-16,18H,4,9-11,17H2. The summed E-state index contributed by atoms with van der Waals surface area (Å²) in [6.45, 7) is 0.916. The van der Waals surface area contributed by atoms with E-state index < -0.39 is 0 Å². The summed E-state index contributed by atoms with van der Waals surface area (Å²) >= 11 is 0. The van der Waals surface area contributed by atoms with E-state index >= 15 is 0 Å². The molecule has 3 rings (SSSR count). The van der Waals surface area contributed by atoms with E-state index in [1.54, 1.807) is 0 Å². The minimum Gasteiger partial charge on any atom is -0.326 e. The molecule has 0 aromatic heterocycles. The number of hydrogen-bond donors (Lipinski definition) is 2. The van der Waals surface area contributed by atoms with Gasteiger partial charge in [0.25, 0.3) is 0 Å². The Balaban J connectivity index is 1.78. The fraction of sp³-hybridized carbons (Fsp3) is 0.375. The zero-order valence-electron chi connectivity index (χ0n) is 10.6. The molecule has 3 N–H and O–H groups in total. The Kier molecular flexibility index (Phi) is 3.31. The Morgan fingerprint density at radius 3 is 2.72 bits per heavy atom. The largest absolute Gasteiger partial charge is 0.326 e. The van der Waals surface area contributed by atoms with E-state index in [1.165, 1.54) is 29.2 Å². The second-order valence-electron chi connectivity index (χ2n) is 5.22. The molecule has 1 aliphatic rings. The van der Waals surface area contributed by atoms with Crippen molar-refractivity contribution in [3.63, 3.8) is 0 Å². The highest BCUT2D eigenvalue weighted by Crippen LogP contribution is 2.21. The topological polar surface area (TPSA) is 38.0 Å². The highest BCUT2D eigenvalue weighted by atomic mass is 15.0. The van der Waals surface area contributed by atoms with Crippen LogP contribution in [0.1, 0.15) is 24.8 Å². The predicted octanol–water partition coefficient (Wildman–Crippen LogP) is 2.81. The molecule has 1 saturated carbocycles. The molecule has 1 fully saturated rings. The maximum absolute atomic E-state index is 6.09. The maximum Gasteiger partial charge on any atom is 0.0222 e. The monoisotopic (exact) mass is 240 g/mol. The first-order chi connectivity index (χ1) is 8.84. The molecule has 0 saturated heterocycles. The fourth-order valence-electron chi connectivity index (χ4n) is 2.93. The molecule has 0 bridgehead atoms. The van der Waals surface area contributed by atoms with Crippen LogP contribution in [0.3, 0.4) is 0 Å². The fourth-order valence-corrected chi connectivity index (χ4v) is 2.93. The van der Waals surface area contributed by atoms with E-state index in [1.807, 2.05) is 0 Å². The predicted molar refractivity (Wildman–Crippen MR) is 76.4 cm³/mol. The van der Waals surface area contributed by atoms with Gasteiger partial charge in [0.1, 0.15) is 0 Å². The van der Waals surface area contributed by atoms with Gasteiger partial charge in [-0.2, -0.15) is 0 Å². The summed E-state index contributed by atoms with van der Waals surface area (Å²) in [5.41, 5.74) is 7.46. The molecule has 0 spiro atoms. The molecule has 2 heteroatoms. The minimum atomic E-state index is 0.333. The second kappa shape index (κ2) is 5.09. The smallest absolute Gasteiger partial charge is 0.0222 e. The van der Waals surface area contributed by atoms with E-state index in [4.69, 9.17) is 5.73 Å². The highest BCUT2D eigenvalue weighted by molar-refractivity contribution is 5.85. The summed E-state index contributed by atoms with van der Waals surface area (Å²) in [5, 5.41) is 6.27. The van der Waals surface area contributed by atoms with Gasteiger partial charge in [0.05, 0.1) is 0 Å². The van der Waals surface area contributed by atoms with E-state index in [2.05, 4.69) is 47.8 Å². The molecule has 0 aliphatic heterocycles. The SMILES string of the molecule is NC1CCCC1NCc1cccc2ccccc12. The number of nitrogens with one attached hydrogen (secondary N) is 1. The van der Waals surface area contributed by atoms with Crippen LogP contribution in [0.2, 0.25) is 0 Å². The van der Waals surface area contributed by atoms with Crippen LogP contribution in [0.4, 0.5) is 0 Å². The first-order valence-electron chi connectivity index (χ1n) is 6.80. The van der Waals surface area contributed by atoms with Gasteiger partial charge in [0.2, 0.25) is 0 Å². The first kappa shape index (κ1) is 11.7. The Bertz CT molecular complexity index is 530. The number of nitrogens with two attached hydrogens (primary N) is 1. The first-order valence-corrected chi connectivity index (χ1v) is 6.80. The number of rotatable bonds is 3. The highest BCUT2D eigenvalue weighted by Gasteiger charge is 2.22. The van der Waals surface area contributed by atoms with E-state index in [-0.39, 0.29) is 0 Å². The molecule has 2 nitrogen and oxygen atoms in total. The molecule has 2 aromatic rings. The van der Waals surface area contributed by atoms with E-state index in [0.29, 0.717) is 12.1 Å². The Morgan fingerprint density at radius 1 is 1.06 bits per heavy atom. The van der Waals surface area contributed by atoms with Gasteiger partial charge in [-0.25, -0.2) is 0 Å². The van der Waals surface area contributed by atoms with Crippen molar-refractivity contribution in [3.8, 4) is 0 Å². The molecule has 1 aliphatic carbocycles. The molecule has 18 heavy (non-hydrogen) atoms. The van der Waals surface area contributed by atoms with E-state index in [0.717, 1.165) is 13.0 Å². The number of hydrogen-bond acceptors (Lipinski definition) is 2. The van der Waals surface area contributed by atoms with Crippen LogP contribution in [0, 0.1) is 0 Å². The van der Waals surface area contributed by atoms with Crippen molar-refractivity contribution in [2.24, 2.45) is 5.73 Å². The summed E-state index contributed by atoms with van der Waals surface area (Å²) in [7, 11) is 0. The maximum atomic E-state index is 6.09. The van der Waals surface area contributed by atoms with Crippen molar-refractivity contribution in [2.75, 3.05) is 0 Å². The molecular formula is C16H20N2. The molecule has 2 aromatic carbocycles. The molecule has 0 radical (unpaired) electrons. The Morgan fingerprint density at radius 2 is 1.89 bits per heavy atom. The van der Waals surface area contributed by atoms with Crippen LogP contribution in [0.25, 0.3) is 10.8 Å². The lowest BCUT2D eigenvalue weighted by Gasteiger charge is -2.18. The molecule has 2 atom stereocenters. The molecule has 0 heterocycles. The van der Waals surface area contributed by atoms with Gasteiger partial charge >= 0.3 is 0 Å². The van der Waals surface area contributed by atoms with Gasteiger partial charge in [0, 0.05) is 18.6 Å². The second-order valence-corrected chi connectivity index (χ2v) is 5.22. The third kappa shape index (κ3) is 2.26. The van der Waals surface area contributed by atoms with Crippen molar-refractivity contribution in [1.29, 1.82) is 0 Å². The number of fused-ring (bicyclic) bond motifs is 1. The minimum absolute atomic E-state index is 0.333. The lowest BCUT2D eigenvalue weighted by Crippen LogP contribution is -2.40. The molecule has 0 amide bonds. The Labute approximate surface area is 108 Å². The van der Waals surface area contributed by atoms with Crippen LogP contribution in [0.5, 0.6) is 0 Å². The quantitative estimate of drug-likeness (QED) is 0.865. The van der Waals surface area contributed by atoms with Gasteiger partial charge in [-0.05, 0) is 29.2 Å². The summed E-state index contributed by atoms with van der Waals surface area (Å²) in [5.74, 6) is 0. The number of benzene rings is 2. The van der Waals surface area contributed by atoms with Crippen molar-refractivity contribution < 1.29 is 0 Å². The van der Waals surface area contributed by atoms with E-state index in [9.17, 15) is 0 Å². The summed E-state index contributed by atoms with van der Waals surface area (Å²) < 4.78 is 0. The van der Waals surface area contributed by atoms with Gasteiger partial charge < -0.3 is 11.1 Å². The zero-order chi connectivity index (χ0) is 12.4. The normalized spacial score (nSPS) is 23.6. The van der Waals surface area contributed by atoms with Crippen LogP contribution in [-0.2, 0) is 6.54 Å². The molecular weight excluding hydrogens is 220 g/mol. The van der Waals surface area contributed by atoms with Crippen LogP contribution >= 0.6 is 0 Å². The van der Waals surface area contributed by atoms with Gasteiger partial charge in [-0.3, -0.25) is 0 Å². The third-order valence-electron chi connectivity index (χ3n) is 4.00. The average molecular weight is 240 g/mol. The molecule has 94 valence electrons. The summed E-state index contributed by atoms with van der Waals surface area (Å²) in [4.78, 5) is 0. The van der Waals surface area contributed by atoms with Gasteiger partial charge in [0.15, 0.2) is 0 Å². The van der Waals surface area contributed by atoms with Crippen molar-refractivity contribution >= 4 is 10.8 Å². The van der Waals surface area contributed by atoms with Crippen molar-refractivity contribution in [3.05, 3.63) is 48.0 Å². The molecule has 2 unspecified atom stereocenters. The van der Waals surface area contributed by atoms with Gasteiger partial charge in [-0.15, -0.1) is 0 Å². The third-order valence-corrected chi connectivity index (χ3v) is 4.00. The summed E-state index contributed by atoms with van der Waals surface area (Å²) in [6.07, 6.45) is 3.63. The van der Waals surface area contributed by atoms with Crippen molar-refractivity contribution in [1.82, 2.24) is 5.32 Å². The summed E-state index contributed by atoms with van der Waals surface area (Å²) in [6, 6.07) is 15.9. The zero-order valence-corrected chi connectivity index (χ0v) is 10.6.